The summed E-state index contributed by atoms with van der Waals surface area (Å²) in [6.45, 7) is 21.7. The predicted octanol–water partition coefficient (Wildman–Crippen LogP) is 7.54. The Hall–Kier alpha value is -5.62. The van der Waals surface area contributed by atoms with E-state index in [2.05, 4.69) is 115 Å². The molecule has 0 aliphatic rings. The number of aliphatic imine (C=N–C) groups is 2. The number of nitrogens with one attached hydrogen (secondary N) is 2. The lowest BCUT2D eigenvalue weighted by Crippen LogP contribution is -2.29. The van der Waals surface area contributed by atoms with Gasteiger partial charge in [-0.25, -0.2) is 14.1 Å². The SMILES string of the molecule is C=CC(=C)Nc1cc(NC/N=C(\C(=C/N=C)n2nnc3ccccc32)c2cc(F)c3nc(C)n(C(C)C)c3c2)c(CC)cc1N(C)CCN(C)C. The molecule has 0 unspecified atom stereocenters. The number of aromatic nitrogens is 5. The Morgan fingerprint density at radius 3 is 2.51 bits per heavy atom. The first kappa shape index (κ1) is 36.7. The van der Waals surface area contributed by atoms with Crippen LogP contribution in [-0.2, 0) is 6.42 Å². The monoisotopic (exact) mass is 689 g/mol. The molecule has 2 heterocycles. The number of fused-ring (bicyclic) bond motifs is 2. The molecule has 2 N–H and O–H groups in total. The molecule has 0 fully saturated rings. The van der Waals surface area contributed by atoms with Crippen molar-refractivity contribution in [3.8, 4) is 0 Å². The van der Waals surface area contributed by atoms with Crippen LogP contribution in [0.5, 0.6) is 0 Å². The number of imidazole rings is 1. The number of aryl methyl sites for hydroxylation is 2. The van der Waals surface area contributed by atoms with Crippen molar-refractivity contribution in [2.75, 3.05) is 56.4 Å². The maximum atomic E-state index is 15.9. The molecule has 0 aliphatic carbocycles. The standard InChI is InChI=1S/C39H48FN11/c1-11-26(5)44-33-22-32(28(12-2)20-35(33)49(10)18-17-48(8)9)42-24-43-38(37(23-41-7)51-34-16-14-13-15-31(34)46-47-51)29-19-30(40)39-36(21-29)50(25(3)4)27(6)45-39/h11,13-16,19-23,25,42,44H,1,5,7,12,17-18,24H2,2-4,6,8-10H3/b37-23+,43-38-. The smallest absolute Gasteiger partial charge is 0.151 e. The lowest BCUT2D eigenvalue weighted by Gasteiger charge is -2.26. The molecule has 5 rings (SSSR count). The lowest BCUT2D eigenvalue weighted by molar-refractivity contribution is 0.416. The van der Waals surface area contributed by atoms with Gasteiger partial charge < -0.3 is 25.0 Å². The van der Waals surface area contributed by atoms with Gasteiger partial charge in [0.1, 0.15) is 29.2 Å². The summed E-state index contributed by atoms with van der Waals surface area (Å²) in [7, 11) is 6.21. The van der Waals surface area contributed by atoms with Crippen LogP contribution < -0.4 is 15.5 Å². The number of para-hydroxylation sites is 1. The van der Waals surface area contributed by atoms with E-state index in [1.54, 1.807) is 17.0 Å². The van der Waals surface area contributed by atoms with Gasteiger partial charge in [-0.3, -0.25) is 9.98 Å². The molecule has 0 saturated carbocycles. The molecule has 0 bridgehead atoms. The van der Waals surface area contributed by atoms with E-state index in [0.29, 0.717) is 39.2 Å². The number of likely N-dealkylation sites (N-methyl/N-ethyl adjacent to an activating group) is 2. The summed E-state index contributed by atoms with van der Waals surface area (Å²) in [5, 5.41) is 15.8. The van der Waals surface area contributed by atoms with E-state index in [9.17, 15) is 0 Å². The Balaban J connectivity index is 1.64. The molecule has 0 saturated heterocycles. The zero-order valence-corrected chi connectivity index (χ0v) is 30.7. The van der Waals surface area contributed by atoms with E-state index in [1.807, 2.05) is 41.8 Å². The fraction of sp³-hybridized carbons (Fsp3) is 0.308. The summed E-state index contributed by atoms with van der Waals surface area (Å²) in [6.07, 6.45) is 4.05. The van der Waals surface area contributed by atoms with Crippen LogP contribution in [0.25, 0.3) is 27.8 Å². The number of hydrogen-bond donors (Lipinski definition) is 2. The highest BCUT2D eigenvalue weighted by Gasteiger charge is 2.22. The van der Waals surface area contributed by atoms with Crippen molar-refractivity contribution in [3.05, 3.63) is 102 Å². The average molecular weight is 690 g/mol. The van der Waals surface area contributed by atoms with Crippen molar-refractivity contribution >= 4 is 57.3 Å². The number of rotatable bonds is 16. The van der Waals surface area contributed by atoms with Crippen molar-refractivity contribution < 1.29 is 4.39 Å². The minimum atomic E-state index is -0.444. The van der Waals surface area contributed by atoms with Crippen molar-refractivity contribution in [1.29, 1.82) is 0 Å². The minimum Gasteiger partial charge on any atom is -0.372 e. The highest BCUT2D eigenvalue weighted by molar-refractivity contribution is 6.28. The molecule has 2 aromatic heterocycles. The Morgan fingerprint density at radius 1 is 1.06 bits per heavy atom. The van der Waals surface area contributed by atoms with E-state index in [4.69, 9.17) is 4.99 Å². The highest BCUT2D eigenvalue weighted by Crippen LogP contribution is 2.34. The first-order valence-corrected chi connectivity index (χ1v) is 17.0. The van der Waals surface area contributed by atoms with Crippen molar-refractivity contribution in [3.63, 3.8) is 0 Å². The van der Waals surface area contributed by atoms with Crippen LogP contribution in [0.15, 0.2) is 89.6 Å². The van der Waals surface area contributed by atoms with Gasteiger partial charge >= 0.3 is 0 Å². The fourth-order valence-corrected chi connectivity index (χ4v) is 6.13. The molecule has 0 spiro atoms. The van der Waals surface area contributed by atoms with Crippen LogP contribution >= 0.6 is 0 Å². The van der Waals surface area contributed by atoms with Crippen molar-refractivity contribution in [1.82, 2.24) is 29.4 Å². The van der Waals surface area contributed by atoms with Crippen LogP contribution in [0.2, 0.25) is 0 Å². The van der Waals surface area contributed by atoms with Crippen LogP contribution in [0.4, 0.5) is 21.5 Å². The maximum absolute atomic E-state index is 15.9. The third kappa shape index (κ3) is 7.91. The first-order chi connectivity index (χ1) is 24.5. The second-order valence-corrected chi connectivity index (χ2v) is 12.9. The predicted molar refractivity (Wildman–Crippen MR) is 212 cm³/mol. The molecule has 5 aromatic rings. The van der Waals surface area contributed by atoms with Gasteiger partial charge in [0.25, 0.3) is 0 Å². The molecule has 12 heteroatoms. The van der Waals surface area contributed by atoms with Crippen LogP contribution in [0.1, 0.15) is 43.8 Å². The second-order valence-electron chi connectivity index (χ2n) is 12.9. The summed E-state index contributed by atoms with van der Waals surface area (Å²) >= 11 is 0. The molecule has 0 atom stereocenters. The summed E-state index contributed by atoms with van der Waals surface area (Å²) in [5.74, 6) is 0.286. The molecule has 266 valence electrons. The minimum absolute atomic E-state index is 0.0631. The zero-order valence-electron chi connectivity index (χ0n) is 30.7. The molecule has 0 radical (unpaired) electrons. The summed E-state index contributed by atoms with van der Waals surface area (Å²) in [5.41, 5.74) is 8.56. The second kappa shape index (κ2) is 15.9. The number of hydrogen-bond acceptors (Lipinski definition) is 9. The number of allylic oxidation sites excluding steroid dienone is 2. The molecule has 51 heavy (non-hydrogen) atoms. The number of halogens is 1. The van der Waals surface area contributed by atoms with Gasteiger partial charge in [0.2, 0.25) is 0 Å². The quantitative estimate of drug-likeness (QED) is 0.0815. The third-order valence-corrected chi connectivity index (χ3v) is 8.70. The van der Waals surface area contributed by atoms with Gasteiger partial charge in [0.15, 0.2) is 5.82 Å². The largest absolute Gasteiger partial charge is 0.372 e. The van der Waals surface area contributed by atoms with E-state index in [-0.39, 0.29) is 12.7 Å². The number of benzene rings is 3. The molecule has 0 aliphatic heterocycles. The summed E-state index contributed by atoms with van der Waals surface area (Å²) in [6, 6.07) is 15.3. The van der Waals surface area contributed by atoms with Crippen LogP contribution in [0, 0.1) is 12.7 Å². The molecular weight excluding hydrogens is 642 g/mol. The van der Waals surface area contributed by atoms with Gasteiger partial charge in [0, 0.05) is 43.1 Å². The first-order valence-electron chi connectivity index (χ1n) is 17.0. The van der Waals surface area contributed by atoms with Gasteiger partial charge in [-0.2, -0.15) is 0 Å². The van der Waals surface area contributed by atoms with Gasteiger partial charge in [-0.05, 0) is 96.0 Å². The van der Waals surface area contributed by atoms with Gasteiger partial charge in [0.05, 0.1) is 34.3 Å². The molecule has 3 aromatic carbocycles. The third-order valence-electron chi connectivity index (χ3n) is 8.70. The summed E-state index contributed by atoms with van der Waals surface area (Å²) in [4.78, 5) is 18.1. The summed E-state index contributed by atoms with van der Waals surface area (Å²) < 4.78 is 19.6. The van der Waals surface area contributed by atoms with Crippen LogP contribution in [-0.4, -0.2) is 82.8 Å². The molecule has 11 nitrogen and oxygen atoms in total. The van der Waals surface area contributed by atoms with Crippen LogP contribution in [0.3, 0.4) is 0 Å². The zero-order chi connectivity index (χ0) is 36.8. The normalized spacial score (nSPS) is 12.3. The van der Waals surface area contributed by atoms with Gasteiger partial charge in [-0.15, -0.1) is 5.10 Å². The van der Waals surface area contributed by atoms with Crippen molar-refractivity contribution in [2.45, 2.75) is 40.2 Å². The highest BCUT2D eigenvalue weighted by atomic mass is 19.1. The fourth-order valence-electron chi connectivity index (χ4n) is 6.13. The number of anilines is 3. The topological polar surface area (TPSA) is 104 Å². The molecular formula is C39H48FN11. The van der Waals surface area contributed by atoms with E-state index in [1.165, 1.54) is 6.07 Å². The molecule has 0 amide bonds. The number of nitrogens with zero attached hydrogens (tertiary/aromatic N) is 9. The Morgan fingerprint density at radius 2 is 1.82 bits per heavy atom. The van der Waals surface area contributed by atoms with E-state index < -0.39 is 5.82 Å². The Bertz CT molecular complexity index is 2130. The average Bonchev–Trinajstić information content (AvgIpc) is 3.69. The Kier molecular flexibility index (Phi) is 11.5. The van der Waals surface area contributed by atoms with Gasteiger partial charge in [-0.1, -0.05) is 37.4 Å². The van der Waals surface area contributed by atoms with E-state index >= 15 is 4.39 Å². The Labute approximate surface area is 299 Å². The maximum Gasteiger partial charge on any atom is 0.151 e. The lowest BCUT2D eigenvalue weighted by atomic mass is 10.1. The van der Waals surface area contributed by atoms with Crippen molar-refractivity contribution in [2.24, 2.45) is 9.98 Å². The van der Waals surface area contributed by atoms with E-state index in [0.717, 1.165) is 53.5 Å².